The molecular weight excluding hydrogens is 238 g/mol. The maximum Gasteiger partial charge on any atom is 0.249 e. The Morgan fingerprint density at radius 2 is 1.79 bits per heavy atom. The molecule has 2 aromatic rings. The van der Waals surface area contributed by atoms with Crippen molar-refractivity contribution >= 4 is 12.0 Å². The monoisotopic (exact) mass is 251 g/mol. The quantitative estimate of drug-likeness (QED) is 0.892. The molecule has 3 rings (SSSR count). The van der Waals surface area contributed by atoms with Gasteiger partial charge in [-0.2, -0.15) is 0 Å². The van der Waals surface area contributed by atoms with Crippen LogP contribution >= 0.6 is 0 Å². The average molecular weight is 251 g/mol. The third-order valence-corrected chi connectivity index (χ3v) is 3.16. The van der Waals surface area contributed by atoms with Crippen LogP contribution in [0.25, 0.3) is 6.08 Å². The van der Waals surface area contributed by atoms with Crippen molar-refractivity contribution in [1.29, 1.82) is 0 Å². The first kappa shape index (κ1) is 11.5. The zero-order valence-electron chi connectivity index (χ0n) is 10.2. The largest absolute Gasteiger partial charge is 0.481 e. The smallest absolute Gasteiger partial charge is 0.249 e. The van der Waals surface area contributed by atoms with Gasteiger partial charge in [-0.3, -0.25) is 4.79 Å². The average Bonchev–Trinajstić information content (AvgIpc) is 2.46. The number of para-hydroxylation sites is 1. The Balaban J connectivity index is 2.01. The van der Waals surface area contributed by atoms with E-state index in [4.69, 9.17) is 10.5 Å². The Morgan fingerprint density at radius 1 is 1.05 bits per heavy atom. The number of nitrogens with two attached hydrogens (primary N) is 1. The number of benzene rings is 2. The van der Waals surface area contributed by atoms with E-state index in [-0.39, 0.29) is 6.10 Å². The van der Waals surface area contributed by atoms with Crippen LogP contribution in [-0.4, -0.2) is 5.91 Å². The second kappa shape index (κ2) is 4.61. The van der Waals surface area contributed by atoms with E-state index in [2.05, 4.69) is 0 Å². The van der Waals surface area contributed by atoms with Gasteiger partial charge in [0.2, 0.25) is 5.91 Å². The van der Waals surface area contributed by atoms with Gasteiger partial charge in [0.15, 0.2) is 0 Å². The van der Waals surface area contributed by atoms with Crippen molar-refractivity contribution in [3.63, 3.8) is 0 Å². The Hall–Kier alpha value is -2.55. The Morgan fingerprint density at radius 3 is 2.63 bits per heavy atom. The van der Waals surface area contributed by atoms with E-state index in [1.807, 2.05) is 48.6 Å². The molecule has 0 fully saturated rings. The first-order valence-corrected chi connectivity index (χ1v) is 6.08. The van der Waals surface area contributed by atoms with Crippen LogP contribution in [0.15, 0.2) is 54.6 Å². The number of fused-ring (bicyclic) bond motifs is 1. The number of hydrogen-bond donors (Lipinski definition) is 1. The van der Waals surface area contributed by atoms with Crippen LogP contribution in [-0.2, 0) is 0 Å². The highest BCUT2D eigenvalue weighted by Gasteiger charge is 2.20. The molecule has 1 heterocycles. The van der Waals surface area contributed by atoms with Crippen LogP contribution < -0.4 is 10.5 Å². The second-order valence-corrected chi connectivity index (χ2v) is 4.39. The molecule has 1 aliphatic rings. The first-order chi connectivity index (χ1) is 9.25. The fourth-order valence-corrected chi connectivity index (χ4v) is 2.23. The van der Waals surface area contributed by atoms with Gasteiger partial charge in [0.1, 0.15) is 11.9 Å². The van der Waals surface area contributed by atoms with Crippen LogP contribution in [0.3, 0.4) is 0 Å². The van der Waals surface area contributed by atoms with E-state index >= 15 is 0 Å². The van der Waals surface area contributed by atoms with Crippen molar-refractivity contribution in [3.05, 3.63) is 71.3 Å². The lowest BCUT2D eigenvalue weighted by Crippen LogP contribution is -2.18. The highest BCUT2D eigenvalue weighted by molar-refractivity contribution is 5.94. The van der Waals surface area contributed by atoms with Gasteiger partial charge >= 0.3 is 0 Å². The predicted octanol–water partition coefficient (Wildman–Crippen LogP) is 2.93. The number of ether oxygens (including phenoxy) is 1. The maximum atomic E-state index is 11.5. The summed E-state index contributed by atoms with van der Waals surface area (Å²) in [4.78, 5) is 11.5. The summed E-state index contributed by atoms with van der Waals surface area (Å²) in [5.41, 5.74) is 7.72. The number of carbonyl (C=O) groups is 1. The molecule has 0 radical (unpaired) electrons. The second-order valence-electron chi connectivity index (χ2n) is 4.39. The van der Waals surface area contributed by atoms with Crippen molar-refractivity contribution < 1.29 is 9.53 Å². The molecular formula is C16H13NO2. The molecule has 0 aromatic heterocycles. The Kier molecular flexibility index (Phi) is 2.80. The van der Waals surface area contributed by atoms with Crippen molar-refractivity contribution in [1.82, 2.24) is 0 Å². The molecule has 0 spiro atoms. The SMILES string of the molecule is NC(=O)c1ccccc1C1C=Cc2ccccc2O1. The minimum absolute atomic E-state index is 0.279. The van der Waals surface area contributed by atoms with Crippen molar-refractivity contribution in [2.24, 2.45) is 5.73 Å². The molecule has 1 atom stereocenters. The summed E-state index contributed by atoms with van der Waals surface area (Å²) in [5.74, 6) is 0.376. The number of amides is 1. The molecule has 0 saturated carbocycles. The van der Waals surface area contributed by atoms with Gasteiger partial charge in [-0.05, 0) is 18.2 Å². The van der Waals surface area contributed by atoms with E-state index in [0.29, 0.717) is 5.56 Å². The predicted molar refractivity (Wildman–Crippen MR) is 73.8 cm³/mol. The third-order valence-electron chi connectivity index (χ3n) is 3.16. The summed E-state index contributed by atoms with van der Waals surface area (Å²) in [6, 6.07) is 15.0. The molecule has 19 heavy (non-hydrogen) atoms. The molecule has 0 saturated heterocycles. The fourth-order valence-electron chi connectivity index (χ4n) is 2.23. The summed E-state index contributed by atoms with van der Waals surface area (Å²) < 4.78 is 5.91. The van der Waals surface area contributed by atoms with E-state index in [1.165, 1.54) is 0 Å². The minimum atomic E-state index is -0.438. The highest BCUT2D eigenvalue weighted by atomic mass is 16.5. The molecule has 2 aromatic carbocycles. The van der Waals surface area contributed by atoms with Gasteiger partial charge < -0.3 is 10.5 Å². The van der Waals surface area contributed by atoms with Crippen LogP contribution in [0, 0.1) is 0 Å². The first-order valence-electron chi connectivity index (χ1n) is 6.08. The Bertz CT molecular complexity index is 661. The van der Waals surface area contributed by atoms with Gasteiger partial charge in [-0.15, -0.1) is 0 Å². The van der Waals surface area contributed by atoms with Crippen LogP contribution in [0.5, 0.6) is 5.75 Å². The molecule has 2 N–H and O–H groups in total. The lowest BCUT2D eigenvalue weighted by atomic mass is 9.99. The Labute approximate surface area is 111 Å². The van der Waals surface area contributed by atoms with Crippen LogP contribution in [0.2, 0.25) is 0 Å². The number of carbonyl (C=O) groups excluding carboxylic acids is 1. The third kappa shape index (κ3) is 2.10. The fraction of sp³-hybridized carbons (Fsp3) is 0.0625. The lowest BCUT2D eigenvalue weighted by Gasteiger charge is -2.23. The van der Waals surface area contributed by atoms with Crippen LogP contribution in [0.4, 0.5) is 0 Å². The lowest BCUT2D eigenvalue weighted by molar-refractivity contribution is 0.0996. The molecule has 3 heteroatoms. The van der Waals surface area contributed by atoms with Gasteiger partial charge in [0, 0.05) is 16.7 Å². The minimum Gasteiger partial charge on any atom is -0.481 e. The van der Waals surface area contributed by atoms with E-state index in [1.54, 1.807) is 12.1 Å². The molecule has 1 unspecified atom stereocenters. The molecule has 1 aliphatic heterocycles. The number of hydrogen-bond acceptors (Lipinski definition) is 2. The zero-order chi connectivity index (χ0) is 13.2. The number of rotatable bonds is 2. The van der Waals surface area contributed by atoms with Crippen molar-refractivity contribution in [2.45, 2.75) is 6.10 Å². The molecule has 3 nitrogen and oxygen atoms in total. The standard InChI is InChI=1S/C16H13NO2/c17-16(18)13-7-3-2-6-12(13)15-10-9-11-5-1-4-8-14(11)19-15/h1-10,15H,(H2,17,18). The van der Waals surface area contributed by atoms with Crippen molar-refractivity contribution in [2.75, 3.05) is 0 Å². The van der Waals surface area contributed by atoms with E-state index in [0.717, 1.165) is 16.9 Å². The number of primary amides is 1. The van der Waals surface area contributed by atoms with E-state index in [9.17, 15) is 4.79 Å². The van der Waals surface area contributed by atoms with Gasteiger partial charge in [0.25, 0.3) is 0 Å². The summed E-state index contributed by atoms with van der Waals surface area (Å²) >= 11 is 0. The van der Waals surface area contributed by atoms with Gasteiger partial charge in [0.05, 0.1) is 0 Å². The maximum absolute atomic E-state index is 11.5. The topological polar surface area (TPSA) is 52.3 Å². The summed E-state index contributed by atoms with van der Waals surface area (Å²) in [6.07, 6.45) is 3.66. The normalized spacial score (nSPS) is 16.5. The molecule has 0 aliphatic carbocycles. The van der Waals surface area contributed by atoms with Crippen LogP contribution in [0.1, 0.15) is 27.6 Å². The summed E-state index contributed by atoms with van der Waals surface area (Å²) in [7, 11) is 0. The molecule has 0 bridgehead atoms. The zero-order valence-corrected chi connectivity index (χ0v) is 10.2. The summed E-state index contributed by atoms with van der Waals surface area (Å²) in [5, 5.41) is 0. The summed E-state index contributed by atoms with van der Waals surface area (Å²) in [6.45, 7) is 0. The van der Waals surface area contributed by atoms with E-state index < -0.39 is 5.91 Å². The van der Waals surface area contributed by atoms with Gasteiger partial charge in [-0.25, -0.2) is 0 Å². The molecule has 94 valence electrons. The van der Waals surface area contributed by atoms with Crippen molar-refractivity contribution in [3.8, 4) is 5.75 Å². The molecule has 1 amide bonds. The highest BCUT2D eigenvalue weighted by Crippen LogP contribution is 2.33. The van der Waals surface area contributed by atoms with Gasteiger partial charge in [-0.1, -0.05) is 42.5 Å².